The van der Waals surface area contributed by atoms with Crippen LogP contribution < -0.4 is 13.6 Å². The SMILES string of the molecule is COCCOCCOC[C@H](C)OCC(COCC(COCC(CO[C@@H](C)COCCOCCOC)CO[C@@H](C)COCCOCCOC)COc1cc(-c2ccc(-c3ccc(-c4ccc(O[Si](C)(C)C(C)(C)C)cc4)cc3)cc2)nc(-c2ccc(-c3ccc(-c4ccc(O[Si](C)(C)C(C)(C)C)cc4)cc3)cc2)c1)CO[C@@H](C)COCCOCCOC. The number of hydrogen-bond donors (Lipinski definition) is 0. The van der Waals surface area contributed by atoms with Gasteiger partial charge in [-0.25, -0.2) is 4.98 Å². The molecule has 0 saturated heterocycles. The number of aromatic nitrogens is 1. The van der Waals surface area contributed by atoms with Gasteiger partial charge in [-0.2, -0.15) is 0 Å². The number of hydrogen-bond acceptors (Lipinski definition) is 22. The zero-order valence-corrected chi connectivity index (χ0v) is 78.1. The van der Waals surface area contributed by atoms with E-state index in [1.165, 1.54) is 0 Å². The van der Waals surface area contributed by atoms with Crippen molar-refractivity contribution in [3.05, 3.63) is 158 Å². The first-order chi connectivity index (χ1) is 58.3. The predicted octanol–water partition coefficient (Wildman–Crippen LogP) is 18.5. The van der Waals surface area contributed by atoms with Crippen LogP contribution in [0.4, 0.5) is 0 Å². The third-order valence-electron chi connectivity index (χ3n) is 21.3. The summed E-state index contributed by atoms with van der Waals surface area (Å²) in [5.41, 5.74) is 12.2. The van der Waals surface area contributed by atoms with Gasteiger partial charge < -0.3 is 98.9 Å². The second-order valence-corrected chi connectivity index (χ2v) is 43.4. The molecule has 0 N–H and O–H groups in total. The van der Waals surface area contributed by atoms with Gasteiger partial charge in [0.25, 0.3) is 0 Å². The van der Waals surface area contributed by atoms with E-state index >= 15 is 0 Å². The van der Waals surface area contributed by atoms with Gasteiger partial charge >= 0.3 is 0 Å². The van der Waals surface area contributed by atoms with E-state index < -0.39 is 16.6 Å². The molecule has 1 aromatic heterocycles. The molecule has 0 bridgehead atoms. The van der Waals surface area contributed by atoms with Crippen LogP contribution in [0.1, 0.15) is 69.2 Å². The second-order valence-electron chi connectivity index (χ2n) is 33.9. The Bertz CT molecular complexity index is 3550. The molecule has 7 rings (SSSR count). The van der Waals surface area contributed by atoms with Crippen LogP contribution >= 0.6 is 0 Å². The maximum atomic E-state index is 7.06. The summed E-state index contributed by atoms with van der Waals surface area (Å²) in [4.78, 5) is 5.40. The monoisotopic (exact) mass is 1720 g/mol. The molecule has 0 radical (unpaired) electrons. The molecule has 0 aliphatic heterocycles. The first-order valence-corrected chi connectivity index (χ1v) is 48.9. The lowest BCUT2D eigenvalue weighted by Gasteiger charge is -2.36. The fraction of sp³-hybridized carbons (Fsp3) is 0.577. The van der Waals surface area contributed by atoms with Crippen molar-refractivity contribution in [1.29, 1.82) is 0 Å². The van der Waals surface area contributed by atoms with Gasteiger partial charge in [-0.3, -0.25) is 0 Å². The highest BCUT2D eigenvalue weighted by Gasteiger charge is 2.40. The van der Waals surface area contributed by atoms with E-state index in [1.54, 1.807) is 28.4 Å². The number of nitrogens with zero attached hydrogens (tertiary/aromatic N) is 1. The van der Waals surface area contributed by atoms with Gasteiger partial charge in [-0.05, 0) is 133 Å². The summed E-state index contributed by atoms with van der Waals surface area (Å²) in [5, 5.41) is 0.201. The van der Waals surface area contributed by atoms with E-state index in [0.717, 1.165) is 78.5 Å². The zero-order valence-electron chi connectivity index (χ0n) is 76.1. The first kappa shape index (κ1) is 102. The molecule has 1 heterocycles. The lowest BCUT2D eigenvalue weighted by Crippen LogP contribution is -2.43. The summed E-state index contributed by atoms with van der Waals surface area (Å²) in [6.07, 6.45) is -0.862. The van der Waals surface area contributed by atoms with Crippen LogP contribution in [0.3, 0.4) is 0 Å². The van der Waals surface area contributed by atoms with E-state index in [-0.39, 0.29) is 72.1 Å². The van der Waals surface area contributed by atoms with Gasteiger partial charge in [-0.1, -0.05) is 163 Å². The minimum absolute atomic E-state index is 0.101. The van der Waals surface area contributed by atoms with Crippen molar-refractivity contribution in [1.82, 2.24) is 4.98 Å². The van der Waals surface area contributed by atoms with Gasteiger partial charge in [0.15, 0.2) is 0 Å². The topological polar surface area (TPSA) is 207 Å². The lowest BCUT2D eigenvalue weighted by atomic mass is 9.98. The Kier molecular flexibility index (Phi) is 46.9. The molecule has 672 valence electrons. The smallest absolute Gasteiger partial charge is 0.250 e. The van der Waals surface area contributed by atoms with E-state index in [4.69, 9.17) is 104 Å². The largest absolute Gasteiger partial charge is 0.544 e. The highest BCUT2D eigenvalue weighted by atomic mass is 28.4. The lowest BCUT2D eigenvalue weighted by molar-refractivity contribution is -0.0869. The molecular formula is C97H145NO21Si2. The Morgan fingerprint density at radius 1 is 0.248 bits per heavy atom. The van der Waals surface area contributed by atoms with Crippen molar-refractivity contribution in [3.63, 3.8) is 0 Å². The van der Waals surface area contributed by atoms with Crippen molar-refractivity contribution < 1.29 is 98.9 Å². The van der Waals surface area contributed by atoms with E-state index in [0.29, 0.717) is 178 Å². The maximum absolute atomic E-state index is 7.06. The highest BCUT2D eigenvalue weighted by molar-refractivity contribution is 6.75. The van der Waals surface area contributed by atoms with Crippen LogP contribution in [0.15, 0.2) is 158 Å². The molecule has 0 fully saturated rings. The molecule has 0 saturated carbocycles. The van der Waals surface area contributed by atoms with Gasteiger partial charge in [0.1, 0.15) is 17.2 Å². The molecule has 121 heavy (non-hydrogen) atoms. The molecule has 7 aromatic rings. The van der Waals surface area contributed by atoms with Crippen LogP contribution in [-0.2, 0) is 85.3 Å². The van der Waals surface area contributed by atoms with Gasteiger partial charge in [-0.15, -0.1) is 0 Å². The quantitative estimate of drug-likeness (QED) is 0.0256. The van der Waals surface area contributed by atoms with Crippen LogP contribution in [0.5, 0.6) is 17.2 Å². The summed E-state index contributed by atoms with van der Waals surface area (Å²) in [7, 11) is 2.64. The fourth-order valence-electron chi connectivity index (χ4n) is 11.9. The summed E-state index contributed by atoms with van der Waals surface area (Å²) >= 11 is 0. The Labute approximate surface area is 726 Å². The fourth-order valence-corrected chi connectivity index (χ4v) is 13.9. The molecule has 4 atom stereocenters. The minimum Gasteiger partial charge on any atom is -0.544 e. The van der Waals surface area contributed by atoms with E-state index in [1.807, 2.05) is 39.8 Å². The van der Waals surface area contributed by atoms with Gasteiger partial charge in [0.2, 0.25) is 16.6 Å². The maximum Gasteiger partial charge on any atom is 0.250 e. The summed E-state index contributed by atoms with van der Waals surface area (Å²) in [5.74, 6) is 1.83. The third kappa shape index (κ3) is 38.9. The molecule has 0 spiro atoms. The molecule has 24 heteroatoms. The third-order valence-corrected chi connectivity index (χ3v) is 30.0. The molecule has 0 aliphatic carbocycles. The molecule has 0 unspecified atom stereocenters. The summed E-state index contributed by atoms with van der Waals surface area (Å²) in [6.45, 7) is 42.7. The minimum atomic E-state index is -1.99. The van der Waals surface area contributed by atoms with Crippen LogP contribution in [0.25, 0.3) is 67.0 Å². The molecular weight excluding hydrogens is 1570 g/mol. The van der Waals surface area contributed by atoms with E-state index in [9.17, 15) is 0 Å². The zero-order chi connectivity index (χ0) is 87.1. The van der Waals surface area contributed by atoms with Gasteiger partial charge in [0, 0.05) is 69.5 Å². The number of pyridine rings is 1. The van der Waals surface area contributed by atoms with E-state index in [2.05, 4.69) is 213 Å². The summed E-state index contributed by atoms with van der Waals surface area (Å²) in [6, 6.07) is 55.6. The number of benzene rings is 6. The normalized spacial score (nSPS) is 13.4. The van der Waals surface area contributed by atoms with Crippen LogP contribution in [0, 0.1) is 17.8 Å². The number of ether oxygens (including phenoxy) is 19. The van der Waals surface area contributed by atoms with Crippen LogP contribution in [-0.4, -0.2) is 266 Å². The summed E-state index contributed by atoms with van der Waals surface area (Å²) < 4.78 is 127. The molecule has 0 aliphatic rings. The number of rotatable bonds is 65. The van der Waals surface area contributed by atoms with Crippen LogP contribution in [0.2, 0.25) is 36.3 Å². The molecule has 22 nitrogen and oxygen atoms in total. The Morgan fingerprint density at radius 3 is 0.702 bits per heavy atom. The number of methoxy groups -OCH3 is 4. The van der Waals surface area contributed by atoms with Crippen molar-refractivity contribution in [2.24, 2.45) is 17.8 Å². The average Bonchev–Trinajstić information content (AvgIpc) is 0.788. The highest BCUT2D eigenvalue weighted by Crippen LogP contribution is 2.40. The average molecular weight is 1720 g/mol. The Balaban J connectivity index is 1.17. The first-order valence-electron chi connectivity index (χ1n) is 43.1. The van der Waals surface area contributed by atoms with Crippen molar-refractivity contribution >= 4 is 16.6 Å². The Morgan fingerprint density at radius 2 is 0.463 bits per heavy atom. The Hall–Kier alpha value is -6.42. The standard InChI is InChI=1S/C97H145NO21Si2/c1-74(61-107-55-51-103-47-43-99-11)113-69-79(70-114-75(2)62-108-56-52-104-48-44-100-12)67-111-65-78(66-112-68-80(71-115-76(3)63-109-57-53-105-49-45-101-13)72-116-77(4)64-110-58-54-106-50-46-102-14)73-117-93-59-94(89-31-27-85(28-32-89)81-19-23-83(24-20-81)87-35-39-91(40-36-87)118-120(15,16)96(5,6)7)98-95(60-93)90-33-29-86(30-34-90)82-21-25-84(26-22-82)88-37-41-92(42-38-88)119-121(17,18)97(8,9)10/h19-42,59-60,74-80H,43-58,61-73H2,1-18H3/t74-,75-,76-,77-/m0/s1. The van der Waals surface area contributed by atoms with Crippen molar-refractivity contribution in [2.45, 2.75) is 130 Å². The van der Waals surface area contributed by atoms with Gasteiger partial charge in [0.05, 0.1) is 227 Å². The second kappa shape index (κ2) is 55.8. The molecule has 0 amide bonds. The van der Waals surface area contributed by atoms with Crippen molar-refractivity contribution in [2.75, 3.05) is 220 Å². The molecule has 6 aromatic carbocycles. The van der Waals surface area contributed by atoms with Crippen molar-refractivity contribution in [3.8, 4) is 84.3 Å². The predicted molar refractivity (Wildman–Crippen MR) is 486 cm³/mol.